The molecule has 0 spiro atoms. The van der Waals surface area contributed by atoms with E-state index in [4.69, 9.17) is 4.74 Å². The number of nitrogens with zero attached hydrogens (tertiary/aromatic N) is 3. The van der Waals surface area contributed by atoms with Crippen molar-refractivity contribution in [1.29, 1.82) is 0 Å². The fraction of sp³-hybridized carbons (Fsp3) is 0.312. The number of fused-ring (bicyclic) bond motifs is 2. The van der Waals surface area contributed by atoms with Crippen LogP contribution in [0.2, 0.25) is 0 Å². The molecule has 0 saturated heterocycles. The lowest BCUT2D eigenvalue weighted by Gasteiger charge is -2.20. The molecule has 8 heteroatoms. The number of rotatable bonds is 3. The van der Waals surface area contributed by atoms with Crippen LogP contribution in [-0.2, 0) is 34.1 Å². The molecule has 4 rings (SSSR count). The van der Waals surface area contributed by atoms with E-state index in [-0.39, 0.29) is 5.16 Å². The molecule has 2 aliphatic heterocycles. The number of sulfone groups is 1. The highest BCUT2D eigenvalue weighted by molar-refractivity contribution is 7.90. The number of ether oxygens (including phenoxy) is 1. The molecule has 0 amide bonds. The van der Waals surface area contributed by atoms with Crippen LogP contribution in [0.1, 0.15) is 22.4 Å². The van der Waals surface area contributed by atoms with Crippen LogP contribution in [0.25, 0.3) is 0 Å². The number of aliphatic imine (C=N–C) groups is 1. The lowest BCUT2D eigenvalue weighted by atomic mass is 10.1. The molecular formula is C16H16N4O3S. The third-order valence-corrected chi connectivity index (χ3v) is 4.88. The molecule has 0 atom stereocenters. The normalized spacial score (nSPS) is 15.9. The van der Waals surface area contributed by atoms with Gasteiger partial charge in [0.1, 0.15) is 5.82 Å². The van der Waals surface area contributed by atoms with Crippen molar-refractivity contribution in [1.82, 2.24) is 9.97 Å². The highest BCUT2D eigenvalue weighted by atomic mass is 32.2. The Hall–Kier alpha value is -2.32. The minimum absolute atomic E-state index is 0.159. The van der Waals surface area contributed by atoms with Crippen molar-refractivity contribution in [2.45, 2.75) is 24.7 Å². The van der Waals surface area contributed by atoms with Crippen LogP contribution >= 0.6 is 0 Å². The average molecular weight is 344 g/mol. The van der Waals surface area contributed by atoms with Crippen LogP contribution in [0.3, 0.4) is 0 Å². The average Bonchev–Trinajstić information content (AvgIpc) is 3.01. The van der Waals surface area contributed by atoms with E-state index in [1.165, 1.54) is 5.56 Å². The van der Waals surface area contributed by atoms with Crippen molar-refractivity contribution in [2.75, 3.05) is 18.2 Å². The van der Waals surface area contributed by atoms with Crippen molar-refractivity contribution in [3.05, 3.63) is 40.6 Å². The zero-order valence-electron chi connectivity index (χ0n) is 13.1. The van der Waals surface area contributed by atoms with Crippen molar-refractivity contribution in [2.24, 2.45) is 4.99 Å². The van der Waals surface area contributed by atoms with Gasteiger partial charge in [-0.05, 0) is 23.3 Å². The van der Waals surface area contributed by atoms with Crippen LogP contribution in [0, 0.1) is 0 Å². The lowest BCUT2D eigenvalue weighted by Crippen LogP contribution is -2.18. The SMILES string of the molecule is CS(=O)(=O)c1nc2c(c(Nc3ccc4c(c3)C=NC4)n1)COCC2. The molecule has 0 bridgehead atoms. The summed E-state index contributed by atoms with van der Waals surface area (Å²) in [6.45, 7) is 1.60. The number of nitrogens with one attached hydrogen (secondary N) is 1. The summed E-state index contributed by atoms with van der Waals surface area (Å²) >= 11 is 0. The van der Waals surface area contributed by atoms with E-state index in [1.807, 2.05) is 24.4 Å². The summed E-state index contributed by atoms with van der Waals surface area (Å²) in [5.41, 5.74) is 4.59. The van der Waals surface area contributed by atoms with Gasteiger partial charge in [0.05, 0.1) is 25.5 Å². The van der Waals surface area contributed by atoms with E-state index in [0.717, 1.165) is 28.8 Å². The topological polar surface area (TPSA) is 93.5 Å². The maximum atomic E-state index is 11.9. The number of benzene rings is 1. The molecule has 0 aliphatic carbocycles. The largest absolute Gasteiger partial charge is 0.376 e. The second kappa shape index (κ2) is 5.64. The minimum Gasteiger partial charge on any atom is -0.376 e. The highest BCUT2D eigenvalue weighted by Gasteiger charge is 2.22. The fourth-order valence-corrected chi connectivity index (χ4v) is 3.33. The Morgan fingerprint density at radius 2 is 2.12 bits per heavy atom. The molecule has 24 heavy (non-hydrogen) atoms. The smallest absolute Gasteiger partial charge is 0.249 e. The number of hydrogen-bond acceptors (Lipinski definition) is 7. The molecule has 0 unspecified atom stereocenters. The molecule has 124 valence electrons. The summed E-state index contributed by atoms with van der Waals surface area (Å²) in [6.07, 6.45) is 3.52. The number of hydrogen-bond donors (Lipinski definition) is 1. The summed E-state index contributed by atoms with van der Waals surface area (Å²) in [6, 6.07) is 5.92. The summed E-state index contributed by atoms with van der Waals surface area (Å²) in [4.78, 5) is 12.7. The molecule has 1 aromatic carbocycles. The summed E-state index contributed by atoms with van der Waals surface area (Å²) < 4.78 is 29.2. The van der Waals surface area contributed by atoms with Crippen LogP contribution < -0.4 is 5.32 Å². The molecule has 3 heterocycles. The Morgan fingerprint density at radius 1 is 1.25 bits per heavy atom. The van der Waals surface area contributed by atoms with E-state index in [0.29, 0.717) is 32.0 Å². The van der Waals surface area contributed by atoms with E-state index in [2.05, 4.69) is 20.3 Å². The third-order valence-electron chi connectivity index (χ3n) is 4.03. The molecule has 2 aromatic rings. The second-order valence-electron chi connectivity index (χ2n) is 5.86. The Balaban J connectivity index is 1.77. The number of anilines is 2. The fourth-order valence-electron chi connectivity index (χ4n) is 2.79. The summed E-state index contributed by atoms with van der Waals surface area (Å²) in [5, 5.41) is 3.06. The van der Waals surface area contributed by atoms with Gasteiger partial charge in [0.25, 0.3) is 0 Å². The van der Waals surface area contributed by atoms with E-state index in [1.54, 1.807) is 0 Å². The van der Waals surface area contributed by atoms with E-state index >= 15 is 0 Å². The zero-order valence-corrected chi connectivity index (χ0v) is 13.9. The molecule has 1 N–H and O–H groups in total. The standard InChI is InChI=1S/C16H16N4O3S/c1-24(21,22)16-19-14-4-5-23-9-13(14)15(20-16)18-12-3-2-10-7-17-8-11(10)6-12/h2-3,6,8H,4-5,7,9H2,1H3,(H,18,19,20). The Labute approximate surface area is 139 Å². The summed E-state index contributed by atoms with van der Waals surface area (Å²) in [7, 11) is -3.48. The van der Waals surface area contributed by atoms with E-state index < -0.39 is 9.84 Å². The predicted octanol–water partition coefficient (Wildman–Crippen LogP) is 1.63. The first kappa shape index (κ1) is 15.2. The van der Waals surface area contributed by atoms with Crippen LogP contribution in [0.4, 0.5) is 11.5 Å². The Morgan fingerprint density at radius 3 is 2.96 bits per heavy atom. The van der Waals surface area contributed by atoms with Crippen LogP contribution in [0.5, 0.6) is 0 Å². The quantitative estimate of drug-likeness (QED) is 0.851. The van der Waals surface area contributed by atoms with Crippen molar-refractivity contribution in [3.8, 4) is 0 Å². The minimum atomic E-state index is -3.48. The van der Waals surface area contributed by atoms with Gasteiger partial charge in [-0.15, -0.1) is 0 Å². The maximum absolute atomic E-state index is 11.9. The first-order valence-corrected chi connectivity index (χ1v) is 9.47. The number of aromatic nitrogens is 2. The Bertz CT molecular complexity index is 954. The molecular weight excluding hydrogens is 328 g/mol. The van der Waals surface area contributed by atoms with Gasteiger partial charge in [0.2, 0.25) is 15.0 Å². The molecule has 1 aromatic heterocycles. The molecule has 0 fully saturated rings. The van der Waals surface area contributed by atoms with Gasteiger partial charge >= 0.3 is 0 Å². The van der Waals surface area contributed by atoms with Gasteiger partial charge in [0.15, 0.2) is 0 Å². The summed E-state index contributed by atoms with van der Waals surface area (Å²) in [5.74, 6) is 0.481. The van der Waals surface area contributed by atoms with Crippen molar-refractivity contribution >= 4 is 27.6 Å². The van der Waals surface area contributed by atoms with Gasteiger partial charge in [-0.1, -0.05) is 6.07 Å². The van der Waals surface area contributed by atoms with Crippen molar-refractivity contribution in [3.63, 3.8) is 0 Å². The van der Waals surface area contributed by atoms with Gasteiger partial charge in [0, 0.05) is 30.1 Å². The monoisotopic (exact) mass is 344 g/mol. The van der Waals surface area contributed by atoms with Crippen molar-refractivity contribution < 1.29 is 13.2 Å². The van der Waals surface area contributed by atoms with E-state index in [9.17, 15) is 8.42 Å². The predicted molar refractivity (Wildman–Crippen MR) is 89.5 cm³/mol. The second-order valence-corrected chi connectivity index (χ2v) is 7.77. The third kappa shape index (κ3) is 2.78. The van der Waals surface area contributed by atoms with Crippen LogP contribution in [-0.4, -0.2) is 37.5 Å². The highest BCUT2D eigenvalue weighted by Crippen LogP contribution is 2.28. The van der Waals surface area contributed by atoms with Gasteiger partial charge in [-0.2, -0.15) is 0 Å². The molecule has 0 saturated carbocycles. The molecule has 2 aliphatic rings. The lowest BCUT2D eigenvalue weighted by molar-refractivity contribution is 0.109. The first-order chi connectivity index (χ1) is 11.5. The van der Waals surface area contributed by atoms with Gasteiger partial charge in [-0.3, -0.25) is 4.99 Å². The zero-order chi connectivity index (χ0) is 16.7. The Kier molecular flexibility index (Phi) is 3.58. The van der Waals surface area contributed by atoms with Crippen LogP contribution in [0.15, 0.2) is 28.3 Å². The molecule has 7 nitrogen and oxygen atoms in total. The van der Waals surface area contributed by atoms with Gasteiger partial charge < -0.3 is 10.1 Å². The maximum Gasteiger partial charge on any atom is 0.249 e. The molecule has 0 radical (unpaired) electrons. The first-order valence-electron chi connectivity index (χ1n) is 7.58. The van der Waals surface area contributed by atoms with Gasteiger partial charge in [-0.25, -0.2) is 18.4 Å².